The second-order valence-electron chi connectivity index (χ2n) is 1.35. The third-order valence-electron chi connectivity index (χ3n) is 0.646. The molecular weight excluding hydrogens is 229 g/mol. The molecule has 0 aromatic carbocycles. The van der Waals surface area contributed by atoms with E-state index in [4.69, 9.17) is 11.6 Å². The monoisotopic (exact) mass is 236 g/mol. The topological polar surface area (TPSA) is 0 Å². The molecule has 2 atom stereocenters. The van der Waals surface area contributed by atoms with Crippen LogP contribution in [0.25, 0.3) is 0 Å². The highest BCUT2D eigenvalue weighted by atomic mass is 127. The van der Waals surface area contributed by atoms with Gasteiger partial charge in [0.2, 0.25) is 0 Å². The van der Waals surface area contributed by atoms with E-state index in [1.165, 1.54) is 0 Å². The Hall–Kier alpha value is 0.950. The molecule has 0 aliphatic carbocycles. The van der Waals surface area contributed by atoms with Gasteiger partial charge in [0.15, 0.2) is 0 Å². The van der Waals surface area contributed by atoms with Crippen molar-refractivity contribution in [3.8, 4) is 0 Å². The van der Waals surface area contributed by atoms with Gasteiger partial charge in [0.05, 0.1) is 5.38 Å². The summed E-state index contributed by atoms with van der Waals surface area (Å²) in [7, 11) is 0. The predicted molar refractivity (Wildman–Crippen MR) is 39.1 cm³/mol. The third kappa shape index (κ3) is 3.53. The quantitative estimate of drug-likeness (QED) is 0.510. The van der Waals surface area contributed by atoms with E-state index >= 15 is 0 Å². The predicted octanol–water partition coefficient (Wildman–Crippen LogP) is 2.39. The minimum atomic E-state index is -0.845. The zero-order valence-corrected chi connectivity index (χ0v) is 6.91. The largest absolute Gasteiger partial charge is 0.245 e. The highest BCUT2D eigenvalue weighted by Crippen LogP contribution is 2.07. The van der Waals surface area contributed by atoms with Crippen LogP contribution >= 0.6 is 34.2 Å². The first-order valence-corrected chi connectivity index (χ1v) is 3.98. The fourth-order valence-corrected chi connectivity index (χ4v) is 1.28. The summed E-state index contributed by atoms with van der Waals surface area (Å²) < 4.78 is 12.6. The Kier molecular flexibility index (Phi) is 4.42. The van der Waals surface area contributed by atoms with Crippen LogP contribution in [0.5, 0.6) is 0 Å². The van der Waals surface area contributed by atoms with Crippen LogP contribution in [0, 0.1) is 0 Å². The summed E-state index contributed by atoms with van der Waals surface area (Å²) in [5.41, 5.74) is 0. The van der Waals surface area contributed by atoms with Crippen molar-refractivity contribution < 1.29 is 4.39 Å². The van der Waals surface area contributed by atoms with Gasteiger partial charge in [-0.05, 0) is 6.92 Å². The van der Waals surface area contributed by atoms with E-state index in [1.807, 2.05) is 22.6 Å². The molecule has 0 fully saturated rings. The van der Waals surface area contributed by atoms with Crippen molar-refractivity contribution in [1.82, 2.24) is 0 Å². The van der Waals surface area contributed by atoms with Crippen LogP contribution in [-0.2, 0) is 0 Å². The Bertz CT molecular complexity index is 49.0. The van der Waals surface area contributed by atoms with Crippen LogP contribution < -0.4 is 0 Å². The maximum Gasteiger partial charge on any atom is 0.125 e. The van der Waals surface area contributed by atoms with Crippen molar-refractivity contribution in [2.24, 2.45) is 0 Å². The van der Waals surface area contributed by atoms with Crippen LogP contribution in [-0.4, -0.2) is 16.0 Å². The third-order valence-corrected chi connectivity index (χ3v) is 1.76. The summed E-state index contributed by atoms with van der Waals surface area (Å²) in [6, 6.07) is 0. The molecule has 1 unspecified atom stereocenters. The van der Waals surface area contributed by atoms with Crippen LogP contribution in [0.4, 0.5) is 4.39 Å². The van der Waals surface area contributed by atoms with Gasteiger partial charge in [-0.25, -0.2) is 4.39 Å². The SMILES string of the molecule is CC(Cl)[C@H](F)CI. The Labute approximate surface area is 61.6 Å². The van der Waals surface area contributed by atoms with Gasteiger partial charge in [0.1, 0.15) is 6.17 Å². The van der Waals surface area contributed by atoms with Gasteiger partial charge >= 0.3 is 0 Å². The van der Waals surface area contributed by atoms with Gasteiger partial charge in [0.25, 0.3) is 0 Å². The Morgan fingerprint density at radius 3 is 2.29 bits per heavy atom. The molecule has 0 N–H and O–H groups in total. The normalized spacial score (nSPS) is 18.9. The molecule has 0 saturated heterocycles. The van der Waals surface area contributed by atoms with E-state index in [9.17, 15) is 4.39 Å². The fourth-order valence-electron chi connectivity index (χ4n) is 0.123. The van der Waals surface area contributed by atoms with Gasteiger partial charge in [-0.15, -0.1) is 11.6 Å². The second-order valence-corrected chi connectivity index (χ2v) is 2.92. The summed E-state index contributed by atoms with van der Waals surface area (Å²) >= 11 is 7.32. The molecule has 0 amide bonds. The van der Waals surface area contributed by atoms with E-state index in [1.54, 1.807) is 6.92 Å². The molecule has 0 bridgehead atoms. The number of rotatable bonds is 2. The van der Waals surface area contributed by atoms with E-state index in [2.05, 4.69) is 0 Å². The summed E-state index contributed by atoms with van der Waals surface area (Å²) in [6.07, 6.45) is -0.845. The van der Waals surface area contributed by atoms with E-state index < -0.39 is 6.17 Å². The van der Waals surface area contributed by atoms with Crippen LogP contribution in [0.1, 0.15) is 6.92 Å². The summed E-state index contributed by atoms with van der Waals surface area (Å²) in [6.45, 7) is 1.66. The summed E-state index contributed by atoms with van der Waals surface area (Å²) in [5.74, 6) is 0. The van der Waals surface area contributed by atoms with Crippen LogP contribution in [0.3, 0.4) is 0 Å². The van der Waals surface area contributed by atoms with Crippen molar-refractivity contribution in [2.45, 2.75) is 18.5 Å². The first-order valence-electron chi connectivity index (χ1n) is 2.02. The standard InChI is InChI=1S/C4H7ClFI/c1-3(5)4(6)2-7/h3-4H,2H2,1H3/t3?,4-/m1/s1. The smallest absolute Gasteiger partial charge is 0.125 e. The highest BCUT2D eigenvalue weighted by molar-refractivity contribution is 14.1. The molecule has 0 aromatic rings. The van der Waals surface area contributed by atoms with Crippen molar-refractivity contribution in [1.29, 1.82) is 0 Å². The molecule has 0 rings (SSSR count). The second kappa shape index (κ2) is 3.89. The van der Waals surface area contributed by atoms with E-state index in [0.717, 1.165) is 0 Å². The lowest BCUT2D eigenvalue weighted by molar-refractivity contribution is 0.367. The van der Waals surface area contributed by atoms with Crippen LogP contribution in [0.15, 0.2) is 0 Å². The van der Waals surface area contributed by atoms with Crippen LogP contribution in [0.2, 0.25) is 0 Å². The summed E-state index contributed by atoms with van der Waals surface area (Å²) in [5, 5.41) is -0.336. The molecule has 0 aliphatic heterocycles. The maximum absolute atomic E-state index is 12.1. The molecule has 0 radical (unpaired) electrons. The lowest BCUT2D eigenvalue weighted by Gasteiger charge is -2.03. The molecule has 0 aliphatic rings. The van der Waals surface area contributed by atoms with E-state index in [0.29, 0.717) is 4.43 Å². The molecule has 0 spiro atoms. The molecule has 7 heavy (non-hydrogen) atoms. The van der Waals surface area contributed by atoms with Gasteiger partial charge in [0, 0.05) is 4.43 Å². The maximum atomic E-state index is 12.1. The lowest BCUT2D eigenvalue weighted by atomic mass is 10.3. The first-order chi connectivity index (χ1) is 3.18. The van der Waals surface area contributed by atoms with Gasteiger partial charge in [-0.3, -0.25) is 0 Å². The van der Waals surface area contributed by atoms with Gasteiger partial charge in [-0.2, -0.15) is 0 Å². The molecule has 3 heteroatoms. The van der Waals surface area contributed by atoms with Crippen molar-refractivity contribution in [3.63, 3.8) is 0 Å². The number of halogens is 3. The molecule has 0 nitrogen and oxygen atoms in total. The number of hydrogen-bond donors (Lipinski definition) is 0. The average molecular weight is 236 g/mol. The minimum Gasteiger partial charge on any atom is -0.245 e. The van der Waals surface area contributed by atoms with Crippen molar-refractivity contribution in [3.05, 3.63) is 0 Å². The highest BCUT2D eigenvalue weighted by Gasteiger charge is 2.09. The van der Waals surface area contributed by atoms with Gasteiger partial charge in [-0.1, -0.05) is 22.6 Å². The van der Waals surface area contributed by atoms with E-state index in [-0.39, 0.29) is 5.38 Å². The molecule has 0 saturated carbocycles. The molecular formula is C4H7ClFI. The number of alkyl halides is 3. The molecule has 0 aromatic heterocycles. The Balaban J connectivity index is 3.14. The Morgan fingerprint density at radius 2 is 2.29 bits per heavy atom. The molecule has 0 heterocycles. The zero-order chi connectivity index (χ0) is 5.86. The van der Waals surface area contributed by atoms with Gasteiger partial charge < -0.3 is 0 Å². The fraction of sp³-hybridized carbons (Fsp3) is 1.00. The average Bonchev–Trinajstić information content (AvgIpc) is 1.65. The lowest BCUT2D eigenvalue weighted by Crippen LogP contribution is -2.12. The Morgan fingerprint density at radius 1 is 1.86 bits per heavy atom. The minimum absolute atomic E-state index is 0.336. The van der Waals surface area contributed by atoms with Crippen molar-refractivity contribution in [2.75, 3.05) is 4.43 Å². The number of hydrogen-bond acceptors (Lipinski definition) is 0. The van der Waals surface area contributed by atoms with Crippen molar-refractivity contribution >= 4 is 34.2 Å². The summed E-state index contributed by atoms with van der Waals surface area (Å²) in [4.78, 5) is 0. The molecule has 44 valence electrons. The zero-order valence-electron chi connectivity index (χ0n) is 4.00. The first kappa shape index (κ1) is 7.95.